The molecule has 0 amide bonds. The van der Waals surface area contributed by atoms with Crippen LogP contribution in [0.3, 0.4) is 0 Å². The molecule has 3 aliphatic rings. The van der Waals surface area contributed by atoms with E-state index in [0.29, 0.717) is 10.00 Å². The lowest BCUT2D eigenvalue weighted by Crippen LogP contribution is -2.43. The summed E-state index contributed by atoms with van der Waals surface area (Å²) in [5, 5.41) is 0. The number of thioether (sulfide) groups is 2. The van der Waals surface area contributed by atoms with Crippen molar-refractivity contribution in [1.29, 1.82) is 0 Å². The number of rotatable bonds is 1. The molecule has 3 atom stereocenters. The van der Waals surface area contributed by atoms with Crippen LogP contribution in [0.1, 0.15) is 32.6 Å². The Bertz CT molecular complexity index is 299. The molecule has 0 aromatic heterocycles. The van der Waals surface area contributed by atoms with Crippen LogP contribution >= 0.6 is 23.5 Å². The van der Waals surface area contributed by atoms with E-state index in [1.165, 1.54) is 30.8 Å². The molecule has 1 aliphatic heterocycles. The summed E-state index contributed by atoms with van der Waals surface area (Å²) in [4.78, 5) is 11.2. The number of ether oxygens (including phenoxy) is 1. The lowest BCUT2D eigenvalue weighted by Gasteiger charge is -2.43. The number of hydrogen-bond acceptors (Lipinski definition) is 4. The van der Waals surface area contributed by atoms with E-state index in [0.717, 1.165) is 12.3 Å². The predicted octanol–water partition coefficient (Wildman–Crippen LogP) is 2.91. The molecule has 0 radical (unpaired) electrons. The third-order valence-corrected chi connectivity index (χ3v) is 8.17. The maximum Gasteiger partial charge on any atom is 0.302 e. The van der Waals surface area contributed by atoms with Gasteiger partial charge in [-0.1, -0.05) is 0 Å². The first-order valence-electron chi connectivity index (χ1n) is 6.17. The number of carbonyl (C=O) groups excluding carboxylic acids is 1. The van der Waals surface area contributed by atoms with Crippen molar-refractivity contribution < 1.29 is 9.53 Å². The van der Waals surface area contributed by atoms with E-state index < -0.39 is 0 Å². The minimum Gasteiger partial charge on any atom is -0.462 e. The topological polar surface area (TPSA) is 26.3 Å². The van der Waals surface area contributed by atoms with Crippen LogP contribution in [-0.4, -0.2) is 27.7 Å². The molecule has 2 aliphatic carbocycles. The summed E-state index contributed by atoms with van der Waals surface area (Å²) in [5.74, 6) is 3.96. The first kappa shape index (κ1) is 11.3. The fourth-order valence-electron chi connectivity index (χ4n) is 3.69. The van der Waals surface area contributed by atoms with Crippen LogP contribution in [0, 0.1) is 11.8 Å². The average Bonchev–Trinajstić information content (AvgIpc) is 2.78. The van der Waals surface area contributed by atoms with Gasteiger partial charge in [0.2, 0.25) is 0 Å². The third-order valence-electron chi connectivity index (χ3n) is 4.22. The fraction of sp³-hybridized carbons (Fsp3) is 0.917. The molecule has 0 unspecified atom stereocenters. The second-order valence-corrected chi connectivity index (χ2v) is 8.03. The van der Waals surface area contributed by atoms with Gasteiger partial charge in [-0.3, -0.25) is 4.79 Å². The molecule has 1 saturated heterocycles. The quantitative estimate of drug-likeness (QED) is 0.676. The number of esters is 1. The van der Waals surface area contributed by atoms with E-state index in [1.54, 1.807) is 6.92 Å². The van der Waals surface area contributed by atoms with Crippen LogP contribution in [0.25, 0.3) is 0 Å². The van der Waals surface area contributed by atoms with E-state index in [2.05, 4.69) is 23.5 Å². The van der Waals surface area contributed by atoms with Crippen LogP contribution in [0.5, 0.6) is 0 Å². The van der Waals surface area contributed by atoms with Gasteiger partial charge in [-0.05, 0) is 31.6 Å². The normalized spacial score (nSPS) is 40.2. The van der Waals surface area contributed by atoms with E-state index >= 15 is 0 Å². The van der Waals surface area contributed by atoms with Gasteiger partial charge in [0.15, 0.2) is 0 Å². The molecular formula is C12H18O2S2. The van der Waals surface area contributed by atoms with E-state index in [1.807, 2.05) is 0 Å². The van der Waals surface area contributed by atoms with Crippen molar-refractivity contribution in [1.82, 2.24) is 0 Å². The molecule has 1 spiro atoms. The Morgan fingerprint density at radius 2 is 1.88 bits per heavy atom. The van der Waals surface area contributed by atoms with Gasteiger partial charge < -0.3 is 4.74 Å². The van der Waals surface area contributed by atoms with Crippen LogP contribution in [0.4, 0.5) is 0 Å². The van der Waals surface area contributed by atoms with Crippen molar-refractivity contribution in [3.63, 3.8) is 0 Å². The van der Waals surface area contributed by atoms with Gasteiger partial charge in [0.05, 0.1) is 4.08 Å². The van der Waals surface area contributed by atoms with Gasteiger partial charge in [-0.2, -0.15) is 0 Å². The van der Waals surface area contributed by atoms with Gasteiger partial charge in [0.1, 0.15) is 6.10 Å². The molecule has 2 bridgehead atoms. The molecule has 0 aromatic rings. The van der Waals surface area contributed by atoms with Crippen molar-refractivity contribution in [3.05, 3.63) is 0 Å². The summed E-state index contributed by atoms with van der Waals surface area (Å²) in [7, 11) is 0. The number of hydrogen-bond donors (Lipinski definition) is 0. The van der Waals surface area contributed by atoms with E-state index in [4.69, 9.17) is 4.74 Å². The molecule has 1 heterocycles. The zero-order valence-corrected chi connectivity index (χ0v) is 11.2. The zero-order valence-electron chi connectivity index (χ0n) is 9.61. The van der Waals surface area contributed by atoms with Gasteiger partial charge >= 0.3 is 5.97 Å². The summed E-state index contributed by atoms with van der Waals surface area (Å²) in [5.41, 5.74) is 0. The molecule has 4 heteroatoms. The van der Waals surface area contributed by atoms with Crippen molar-refractivity contribution in [3.8, 4) is 0 Å². The molecule has 0 N–H and O–H groups in total. The van der Waals surface area contributed by atoms with Crippen molar-refractivity contribution in [2.75, 3.05) is 11.5 Å². The van der Waals surface area contributed by atoms with Gasteiger partial charge in [-0.25, -0.2) is 0 Å². The largest absolute Gasteiger partial charge is 0.462 e. The zero-order chi connectivity index (χ0) is 11.2. The summed E-state index contributed by atoms with van der Waals surface area (Å²) in [6, 6.07) is 0. The Morgan fingerprint density at radius 1 is 1.19 bits per heavy atom. The van der Waals surface area contributed by atoms with Crippen LogP contribution < -0.4 is 0 Å². The Morgan fingerprint density at radius 3 is 2.56 bits per heavy atom. The Hall–Kier alpha value is 0.170. The minimum absolute atomic E-state index is 0.0986. The molecule has 2 nitrogen and oxygen atoms in total. The highest BCUT2D eigenvalue weighted by molar-refractivity contribution is 8.21. The highest BCUT2D eigenvalue weighted by Crippen LogP contribution is 2.65. The van der Waals surface area contributed by atoms with E-state index in [9.17, 15) is 4.79 Å². The number of carbonyl (C=O) groups is 1. The molecule has 3 rings (SSSR count). The van der Waals surface area contributed by atoms with Gasteiger partial charge in [0, 0.05) is 24.3 Å². The summed E-state index contributed by atoms with van der Waals surface area (Å²) < 4.78 is 5.96. The highest BCUT2D eigenvalue weighted by Gasteiger charge is 2.58. The molecule has 3 fully saturated rings. The van der Waals surface area contributed by atoms with Gasteiger partial charge in [0.25, 0.3) is 0 Å². The lowest BCUT2D eigenvalue weighted by molar-refractivity contribution is -0.150. The first-order valence-corrected chi connectivity index (χ1v) is 8.14. The average molecular weight is 258 g/mol. The van der Waals surface area contributed by atoms with E-state index in [-0.39, 0.29) is 12.1 Å². The molecule has 0 aromatic carbocycles. The van der Waals surface area contributed by atoms with Gasteiger partial charge in [-0.15, -0.1) is 23.5 Å². The monoisotopic (exact) mass is 258 g/mol. The molecule has 16 heavy (non-hydrogen) atoms. The van der Waals surface area contributed by atoms with Crippen molar-refractivity contribution in [2.45, 2.75) is 42.8 Å². The molecular weight excluding hydrogens is 240 g/mol. The Balaban J connectivity index is 1.82. The maximum atomic E-state index is 11.2. The molecule has 90 valence electrons. The van der Waals surface area contributed by atoms with Crippen molar-refractivity contribution >= 4 is 29.5 Å². The fourth-order valence-corrected chi connectivity index (χ4v) is 7.74. The predicted molar refractivity (Wildman–Crippen MR) is 68.6 cm³/mol. The SMILES string of the molecule is CC(=O)O[C@H]1CC[C@@H]2CC[C@H]1C21SCCS1. The third kappa shape index (κ3) is 1.60. The summed E-state index contributed by atoms with van der Waals surface area (Å²) >= 11 is 4.29. The Kier molecular flexibility index (Phi) is 2.91. The standard InChI is InChI=1S/C12H18O2S2/c1-8(13)14-11-5-3-9-2-4-10(11)12(9)15-6-7-16-12/h9-11H,2-7H2,1H3/t9-,10+,11-/m0/s1. The second-order valence-electron chi connectivity index (χ2n) is 5.02. The van der Waals surface area contributed by atoms with Crippen LogP contribution in [-0.2, 0) is 9.53 Å². The molecule has 2 saturated carbocycles. The Labute approximate surface area is 105 Å². The lowest BCUT2D eigenvalue weighted by atomic mass is 9.85. The summed E-state index contributed by atoms with van der Waals surface area (Å²) in [6.07, 6.45) is 5.17. The van der Waals surface area contributed by atoms with Crippen LogP contribution in [0.15, 0.2) is 0 Å². The maximum absolute atomic E-state index is 11.2. The summed E-state index contributed by atoms with van der Waals surface area (Å²) in [6.45, 7) is 1.54. The van der Waals surface area contributed by atoms with Crippen molar-refractivity contribution in [2.24, 2.45) is 11.8 Å². The smallest absolute Gasteiger partial charge is 0.302 e. The highest BCUT2D eigenvalue weighted by atomic mass is 32.2. The van der Waals surface area contributed by atoms with Crippen LogP contribution in [0.2, 0.25) is 0 Å². The minimum atomic E-state index is -0.0986. The second kappa shape index (κ2) is 4.13. The first-order chi connectivity index (χ1) is 7.72.